The van der Waals surface area contributed by atoms with E-state index in [1.54, 1.807) is 4.68 Å². The molecule has 1 aromatic carbocycles. The lowest BCUT2D eigenvalue weighted by Crippen LogP contribution is -2.57. The molecule has 0 N–H and O–H groups in total. The second-order valence-corrected chi connectivity index (χ2v) is 4.54. The summed E-state index contributed by atoms with van der Waals surface area (Å²) in [4.78, 5) is 0. The van der Waals surface area contributed by atoms with E-state index in [1.165, 1.54) is 5.56 Å². The zero-order chi connectivity index (χ0) is 12.3. The van der Waals surface area contributed by atoms with Crippen molar-refractivity contribution >= 4 is 18.2 Å². The summed E-state index contributed by atoms with van der Waals surface area (Å²) in [6, 6.07) is 10.1. The van der Waals surface area contributed by atoms with Crippen LogP contribution in [0.5, 0.6) is 0 Å². The summed E-state index contributed by atoms with van der Waals surface area (Å²) >= 11 is 0. The van der Waals surface area contributed by atoms with Crippen molar-refractivity contribution in [2.24, 2.45) is 5.10 Å². The zero-order valence-electron chi connectivity index (χ0n) is 10.1. The summed E-state index contributed by atoms with van der Waals surface area (Å²) in [7, 11) is 0. The predicted molar refractivity (Wildman–Crippen MR) is 67.9 cm³/mol. The van der Waals surface area contributed by atoms with E-state index in [9.17, 15) is 5.11 Å². The molecule has 0 bridgehead atoms. The zero-order valence-corrected chi connectivity index (χ0v) is 10.1. The molecule has 2 rings (SSSR count). The Bertz CT molecular complexity index is 484. The molecular formula is C14H16N2O. The van der Waals surface area contributed by atoms with Crippen molar-refractivity contribution in [1.29, 1.82) is 0 Å². The van der Waals surface area contributed by atoms with Crippen LogP contribution in [-0.4, -0.2) is 22.3 Å². The van der Waals surface area contributed by atoms with Crippen LogP contribution in [0.3, 0.4) is 0 Å². The van der Waals surface area contributed by atoms with E-state index in [0.29, 0.717) is 0 Å². The van der Waals surface area contributed by atoms with Crippen molar-refractivity contribution in [3.05, 3.63) is 42.0 Å². The number of allylic oxidation sites excluding steroid dienone is 1. The van der Waals surface area contributed by atoms with Crippen LogP contribution >= 0.6 is 0 Å². The fourth-order valence-electron chi connectivity index (χ4n) is 1.60. The third-order valence-corrected chi connectivity index (χ3v) is 2.82. The summed E-state index contributed by atoms with van der Waals surface area (Å²) in [5.41, 5.74) is 0.720. The molecule has 3 heteroatoms. The molecule has 1 aliphatic rings. The molecular weight excluding hydrogens is 212 g/mol. The van der Waals surface area contributed by atoms with Gasteiger partial charge in [0.05, 0.1) is 0 Å². The first kappa shape index (κ1) is 11.6. The maximum absolute atomic E-state index is 11.2. The van der Waals surface area contributed by atoms with Gasteiger partial charge in [0.25, 0.3) is 0 Å². The Hall–Kier alpha value is -1.90. The van der Waals surface area contributed by atoms with Gasteiger partial charge in [-0.1, -0.05) is 47.2 Å². The number of hydrogen-bond acceptors (Lipinski definition) is 2. The van der Waals surface area contributed by atoms with Gasteiger partial charge in [0.2, 0.25) is 5.54 Å². The van der Waals surface area contributed by atoms with E-state index in [4.69, 9.17) is 0 Å². The molecule has 0 spiro atoms. The molecule has 1 aliphatic heterocycles. The van der Waals surface area contributed by atoms with Crippen LogP contribution < -0.4 is 5.11 Å². The van der Waals surface area contributed by atoms with E-state index in [-0.39, 0.29) is 5.90 Å². The second-order valence-electron chi connectivity index (χ2n) is 4.54. The Morgan fingerprint density at radius 1 is 1.29 bits per heavy atom. The second kappa shape index (κ2) is 4.53. The molecule has 0 amide bonds. The lowest BCUT2D eigenvalue weighted by atomic mass is 10.0. The minimum atomic E-state index is -0.458. The molecule has 17 heavy (non-hydrogen) atoms. The van der Waals surface area contributed by atoms with Crippen LogP contribution in [0.2, 0.25) is 0 Å². The van der Waals surface area contributed by atoms with E-state index in [2.05, 4.69) is 29.4 Å². The quantitative estimate of drug-likeness (QED) is 0.725. The summed E-state index contributed by atoms with van der Waals surface area (Å²) < 4.78 is 1.73. The summed E-state index contributed by atoms with van der Waals surface area (Å²) in [5.74, 6) is -0.0548. The van der Waals surface area contributed by atoms with E-state index < -0.39 is 5.54 Å². The smallest absolute Gasteiger partial charge is 0.221 e. The lowest BCUT2D eigenvalue weighted by molar-refractivity contribution is -0.629. The van der Waals surface area contributed by atoms with Crippen molar-refractivity contribution in [2.75, 3.05) is 0 Å². The first-order valence-corrected chi connectivity index (χ1v) is 5.71. The van der Waals surface area contributed by atoms with Crippen molar-refractivity contribution in [1.82, 2.24) is 0 Å². The van der Waals surface area contributed by atoms with Crippen LogP contribution in [0, 0.1) is 0 Å². The number of rotatable bonds is 3. The van der Waals surface area contributed by atoms with Gasteiger partial charge < -0.3 is 5.11 Å². The summed E-state index contributed by atoms with van der Waals surface area (Å²) in [5, 5.41) is 15.0. The molecule has 0 unspecified atom stereocenters. The average molecular weight is 228 g/mol. The van der Waals surface area contributed by atoms with E-state index in [0.717, 1.165) is 6.42 Å². The molecule has 1 aromatic rings. The minimum Gasteiger partial charge on any atom is -0.853 e. The first-order valence-electron chi connectivity index (χ1n) is 5.71. The average Bonchev–Trinajstić information content (AvgIpc) is 2.34. The largest absolute Gasteiger partial charge is 0.853 e. The molecule has 1 heterocycles. The third kappa shape index (κ3) is 2.44. The lowest BCUT2D eigenvalue weighted by Gasteiger charge is -2.30. The van der Waals surface area contributed by atoms with Crippen LogP contribution in [0.25, 0.3) is 6.08 Å². The Balaban J connectivity index is 1.93. The van der Waals surface area contributed by atoms with Gasteiger partial charge in [-0.3, -0.25) is 0 Å². The maximum Gasteiger partial charge on any atom is 0.221 e. The van der Waals surface area contributed by atoms with Crippen molar-refractivity contribution < 1.29 is 9.79 Å². The van der Waals surface area contributed by atoms with Crippen LogP contribution in [0.4, 0.5) is 0 Å². The van der Waals surface area contributed by atoms with Crippen molar-refractivity contribution in [3.8, 4) is 0 Å². The van der Waals surface area contributed by atoms with Crippen LogP contribution in [0.1, 0.15) is 25.8 Å². The normalized spacial score (nSPS) is 20.4. The molecule has 0 radical (unpaired) electrons. The summed E-state index contributed by atoms with van der Waals surface area (Å²) in [6.45, 7) is 3.75. The van der Waals surface area contributed by atoms with Gasteiger partial charge in [0, 0.05) is 20.3 Å². The number of nitrogens with zero attached hydrogens (tertiary/aromatic N) is 2. The SMILES string of the molecule is CC1(C)C([O-])=N/[N+]1=C\C/C=C\c1ccccc1. The van der Waals surface area contributed by atoms with Gasteiger partial charge in [-0.25, -0.2) is 0 Å². The highest BCUT2D eigenvalue weighted by Crippen LogP contribution is 2.17. The van der Waals surface area contributed by atoms with Gasteiger partial charge >= 0.3 is 0 Å². The summed E-state index contributed by atoms with van der Waals surface area (Å²) in [6.07, 6.45) is 6.82. The minimum absolute atomic E-state index is 0.0548. The molecule has 0 saturated carbocycles. The first-order chi connectivity index (χ1) is 8.10. The van der Waals surface area contributed by atoms with E-state index in [1.807, 2.05) is 38.3 Å². The number of hydrogen-bond donors (Lipinski definition) is 0. The predicted octanol–water partition coefficient (Wildman–Crippen LogP) is 1.64. The number of benzene rings is 1. The number of hydrazone groups is 1. The highest BCUT2D eigenvalue weighted by atomic mass is 16.3. The Morgan fingerprint density at radius 3 is 2.59 bits per heavy atom. The maximum atomic E-state index is 11.2. The van der Waals surface area contributed by atoms with Crippen molar-refractivity contribution in [2.45, 2.75) is 25.8 Å². The molecule has 88 valence electrons. The van der Waals surface area contributed by atoms with Gasteiger partial charge in [-0.05, 0) is 10.7 Å². The molecule has 3 nitrogen and oxygen atoms in total. The highest BCUT2D eigenvalue weighted by Gasteiger charge is 2.41. The third-order valence-electron chi connectivity index (χ3n) is 2.82. The monoisotopic (exact) mass is 228 g/mol. The van der Waals surface area contributed by atoms with Gasteiger partial charge in [0.15, 0.2) is 6.21 Å². The molecule has 0 aliphatic carbocycles. The molecule has 0 saturated heterocycles. The standard InChI is InChI=1S/C14H16N2O/c1-14(2)13(17)15-16(14)11-7-6-10-12-8-4-3-5-9-12/h3-6,8-11H,7H2,1-2H3/b10-6-,16-11-. The Kier molecular flexibility index (Phi) is 3.09. The molecule has 0 fully saturated rings. The van der Waals surface area contributed by atoms with Gasteiger partial charge in [0.1, 0.15) is 5.90 Å². The fraction of sp³-hybridized carbons (Fsp3) is 0.286. The topological polar surface area (TPSA) is 38.4 Å². The Labute approximate surface area is 101 Å². The fourth-order valence-corrected chi connectivity index (χ4v) is 1.60. The highest BCUT2D eigenvalue weighted by molar-refractivity contribution is 5.83. The Morgan fingerprint density at radius 2 is 2.00 bits per heavy atom. The van der Waals surface area contributed by atoms with Crippen LogP contribution in [-0.2, 0) is 0 Å². The van der Waals surface area contributed by atoms with Crippen LogP contribution in [0.15, 0.2) is 41.5 Å². The molecule has 0 aromatic heterocycles. The van der Waals surface area contributed by atoms with Gasteiger partial charge in [-0.15, -0.1) is 0 Å². The van der Waals surface area contributed by atoms with Crippen molar-refractivity contribution in [3.63, 3.8) is 0 Å². The van der Waals surface area contributed by atoms with Gasteiger partial charge in [-0.2, -0.15) is 0 Å². The van der Waals surface area contributed by atoms with E-state index >= 15 is 0 Å². The molecule has 0 atom stereocenters.